The van der Waals surface area contributed by atoms with Crippen LogP contribution < -0.4 is 15.0 Å². The van der Waals surface area contributed by atoms with Crippen molar-refractivity contribution >= 4 is 35.8 Å². The van der Waals surface area contributed by atoms with Gasteiger partial charge in [0.05, 0.1) is 12.2 Å². The van der Waals surface area contributed by atoms with E-state index in [9.17, 15) is 4.79 Å². The number of hydrogen-bond donors (Lipinski definition) is 1. The van der Waals surface area contributed by atoms with Crippen LogP contribution in [0.3, 0.4) is 0 Å². The number of nitrogens with zero attached hydrogens (tertiary/aromatic N) is 1. The molecule has 1 aromatic carbocycles. The number of anilines is 1. The van der Waals surface area contributed by atoms with Crippen molar-refractivity contribution in [2.45, 2.75) is 19.4 Å². The number of fused-ring (bicyclic) bond motifs is 1. The highest BCUT2D eigenvalue weighted by Gasteiger charge is 2.26. The minimum atomic E-state index is 0. The van der Waals surface area contributed by atoms with Gasteiger partial charge in [-0.05, 0) is 24.6 Å². The zero-order chi connectivity index (χ0) is 13.9. The Bertz CT molecular complexity index is 506. The van der Waals surface area contributed by atoms with Crippen LogP contribution in [-0.4, -0.2) is 43.2 Å². The molecule has 21 heavy (non-hydrogen) atoms. The van der Waals surface area contributed by atoms with Crippen LogP contribution in [0.4, 0.5) is 5.69 Å². The monoisotopic (exact) mass is 328 g/mol. The zero-order valence-electron chi connectivity index (χ0n) is 12.1. The third kappa shape index (κ3) is 3.84. The molecule has 0 bridgehead atoms. The lowest BCUT2D eigenvalue weighted by Crippen LogP contribution is -2.44. The lowest BCUT2D eigenvalue weighted by molar-refractivity contribution is -0.119. The topological polar surface area (TPSA) is 41.6 Å². The van der Waals surface area contributed by atoms with Gasteiger partial charge in [0, 0.05) is 30.5 Å². The number of nitrogens with one attached hydrogen (secondary N) is 1. The Balaban J connectivity index is 0.00000161. The van der Waals surface area contributed by atoms with Gasteiger partial charge in [-0.25, -0.2) is 0 Å². The molecule has 1 atom stereocenters. The average molecular weight is 329 g/mol. The smallest absolute Gasteiger partial charge is 0.228 e. The summed E-state index contributed by atoms with van der Waals surface area (Å²) in [6, 6.07) is 6.33. The highest BCUT2D eigenvalue weighted by Crippen LogP contribution is 2.32. The summed E-state index contributed by atoms with van der Waals surface area (Å²) in [4.78, 5) is 14.4. The molecule has 0 spiro atoms. The maximum absolute atomic E-state index is 12.5. The number of halogens is 1. The summed E-state index contributed by atoms with van der Waals surface area (Å²) < 4.78 is 5.66. The Morgan fingerprint density at radius 3 is 3.14 bits per heavy atom. The molecule has 1 N–H and O–H groups in total. The molecule has 116 valence electrons. The number of amides is 1. The van der Waals surface area contributed by atoms with Gasteiger partial charge in [-0.3, -0.25) is 4.79 Å². The number of carbonyl (C=O) groups excluding carboxylic acids is 1. The van der Waals surface area contributed by atoms with Crippen molar-refractivity contribution in [2.24, 2.45) is 0 Å². The molecule has 0 saturated carbocycles. The van der Waals surface area contributed by atoms with Gasteiger partial charge in [0.25, 0.3) is 0 Å². The molecule has 2 aliphatic heterocycles. The van der Waals surface area contributed by atoms with Crippen LogP contribution in [0.15, 0.2) is 18.2 Å². The highest BCUT2D eigenvalue weighted by atomic mass is 35.5. The van der Waals surface area contributed by atoms with E-state index in [4.69, 9.17) is 4.74 Å². The summed E-state index contributed by atoms with van der Waals surface area (Å²) in [5, 5.41) is 3.42. The van der Waals surface area contributed by atoms with Crippen LogP contribution in [0.2, 0.25) is 0 Å². The van der Waals surface area contributed by atoms with Gasteiger partial charge in [-0.2, -0.15) is 11.8 Å². The van der Waals surface area contributed by atoms with Crippen LogP contribution in [0.1, 0.15) is 12.0 Å². The number of carbonyl (C=O) groups is 1. The third-order valence-corrected chi connectivity index (χ3v) is 4.83. The second-order valence-electron chi connectivity index (χ2n) is 5.30. The molecular formula is C15H21ClN2O2S. The van der Waals surface area contributed by atoms with Gasteiger partial charge in [0.1, 0.15) is 12.4 Å². The number of hydrogen-bond acceptors (Lipinski definition) is 4. The molecule has 0 aliphatic carbocycles. The van der Waals surface area contributed by atoms with E-state index in [1.165, 1.54) is 0 Å². The molecule has 1 fully saturated rings. The van der Waals surface area contributed by atoms with Crippen LogP contribution in [0.25, 0.3) is 0 Å². The Kier molecular flexibility index (Phi) is 5.79. The standard InChI is InChI=1S/C15H20N2O2S.ClH/c1-11-2-3-13-14(8-11)19-6-5-17(13)15(18)9-12-10-20-7-4-16-12;/h2-3,8,12,16H,4-7,9-10H2,1H3;1H. The molecular weight excluding hydrogens is 308 g/mol. The normalized spacial score (nSPS) is 21.0. The average Bonchev–Trinajstić information content (AvgIpc) is 2.47. The van der Waals surface area contributed by atoms with E-state index in [-0.39, 0.29) is 18.3 Å². The van der Waals surface area contributed by atoms with Crippen molar-refractivity contribution < 1.29 is 9.53 Å². The molecule has 6 heteroatoms. The second-order valence-corrected chi connectivity index (χ2v) is 6.44. The van der Waals surface area contributed by atoms with E-state index in [0.717, 1.165) is 35.1 Å². The molecule has 3 rings (SSSR count). The fourth-order valence-corrected chi connectivity index (χ4v) is 3.61. The summed E-state index contributed by atoms with van der Waals surface area (Å²) in [6.45, 7) is 4.26. The van der Waals surface area contributed by atoms with Crippen molar-refractivity contribution in [1.82, 2.24) is 5.32 Å². The van der Waals surface area contributed by atoms with Crippen LogP contribution in [0.5, 0.6) is 5.75 Å². The van der Waals surface area contributed by atoms with Crippen molar-refractivity contribution in [3.05, 3.63) is 23.8 Å². The SMILES string of the molecule is Cc1ccc2c(c1)OCCN2C(=O)CC1CSCCN1.Cl. The lowest BCUT2D eigenvalue weighted by Gasteiger charge is -2.31. The Labute approximate surface area is 136 Å². The number of thioether (sulfide) groups is 1. The maximum Gasteiger partial charge on any atom is 0.228 e. The number of aryl methyl sites for hydroxylation is 1. The van der Waals surface area contributed by atoms with Crippen LogP contribution in [0, 0.1) is 6.92 Å². The fraction of sp³-hybridized carbons (Fsp3) is 0.533. The van der Waals surface area contributed by atoms with E-state index in [1.54, 1.807) is 0 Å². The number of benzene rings is 1. The van der Waals surface area contributed by atoms with Gasteiger partial charge in [0.15, 0.2) is 0 Å². The molecule has 0 radical (unpaired) electrons. The second kappa shape index (κ2) is 7.38. The molecule has 1 amide bonds. The summed E-state index contributed by atoms with van der Waals surface area (Å²) in [7, 11) is 0. The van der Waals surface area contributed by atoms with Crippen molar-refractivity contribution in [2.75, 3.05) is 36.1 Å². The first kappa shape index (κ1) is 16.5. The third-order valence-electron chi connectivity index (χ3n) is 3.70. The van der Waals surface area contributed by atoms with E-state index < -0.39 is 0 Å². The maximum atomic E-state index is 12.5. The Morgan fingerprint density at radius 2 is 2.38 bits per heavy atom. The zero-order valence-corrected chi connectivity index (χ0v) is 13.8. The van der Waals surface area contributed by atoms with Gasteiger partial charge in [-0.15, -0.1) is 12.4 Å². The van der Waals surface area contributed by atoms with Crippen molar-refractivity contribution in [3.8, 4) is 5.75 Å². The van der Waals surface area contributed by atoms with Crippen LogP contribution in [-0.2, 0) is 4.79 Å². The van der Waals surface area contributed by atoms with E-state index in [0.29, 0.717) is 25.6 Å². The quantitative estimate of drug-likeness (QED) is 0.904. The highest BCUT2D eigenvalue weighted by molar-refractivity contribution is 7.99. The predicted molar refractivity (Wildman–Crippen MR) is 90.0 cm³/mol. The minimum Gasteiger partial charge on any atom is -0.490 e. The van der Waals surface area contributed by atoms with Crippen LogP contribution >= 0.6 is 24.2 Å². The van der Waals surface area contributed by atoms with Gasteiger partial charge in [0.2, 0.25) is 5.91 Å². The first-order valence-electron chi connectivity index (χ1n) is 7.09. The largest absolute Gasteiger partial charge is 0.490 e. The molecule has 2 heterocycles. The summed E-state index contributed by atoms with van der Waals surface area (Å²) in [6.07, 6.45) is 0.570. The first-order valence-corrected chi connectivity index (χ1v) is 8.24. The van der Waals surface area contributed by atoms with Crippen molar-refractivity contribution in [3.63, 3.8) is 0 Å². The summed E-state index contributed by atoms with van der Waals surface area (Å²) in [5.74, 6) is 3.19. The predicted octanol–water partition coefficient (Wildman–Crippen LogP) is 2.24. The molecule has 1 unspecified atom stereocenters. The summed E-state index contributed by atoms with van der Waals surface area (Å²) in [5.41, 5.74) is 2.07. The van der Waals surface area contributed by atoms with E-state index in [1.807, 2.05) is 41.8 Å². The van der Waals surface area contributed by atoms with Crippen molar-refractivity contribution in [1.29, 1.82) is 0 Å². The molecule has 2 aliphatic rings. The first-order chi connectivity index (χ1) is 9.74. The Hall–Kier alpha value is -0.910. The van der Waals surface area contributed by atoms with Gasteiger partial charge in [-0.1, -0.05) is 6.07 Å². The van der Waals surface area contributed by atoms with Gasteiger partial charge >= 0.3 is 0 Å². The number of ether oxygens (including phenoxy) is 1. The number of rotatable bonds is 2. The molecule has 1 saturated heterocycles. The minimum absolute atomic E-state index is 0. The molecule has 4 nitrogen and oxygen atoms in total. The van der Waals surface area contributed by atoms with Gasteiger partial charge < -0.3 is 15.0 Å². The van der Waals surface area contributed by atoms with E-state index in [2.05, 4.69) is 5.32 Å². The lowest BCUT2D eigenvalue weighted by atomic mass is 10.1. The molecule has 1 aromatic rings. The Morgan fingerprint density at radius 1 is 1.52 bits per heavy atom. The fourth-order valence-electron chi connectivity index (χ4n) is 2.66. The molecule has 0 aromatic heterocycles. The summed E-state index contributed by atoms with van der Waals surface area (Å²) >= 11 is 1.92. The van der Waals surface area contributed by atoms with E-state index >= 15 is 0 Å².